The van der Waals surface area contributed by atoms with Crippen molar-refractivity contribution in [1.82, 2.24) is 10.2 Å². The number of anilines is 1. The van der Waals surface area contributed by atoms with Gasteiger partial charge in [-0.1, -0.05) is 20.8 Å². The maximum atomic E-state index is 11.3. The molecule has 1 aromatic rings. The van der Waals surface area contributed by atoms with Gasteiger partial charge in [-0.05, 0) is 6.92 Å². The Labute approximate surface area is 89.4 Å². The Hall–Kier alpha value is -1.36. The molecule has 0 spiro atoms. The zero-order valence-corrected chi connectivity index (χ0v) is 9.59. The monoisotopic (exact) mass is 210 g/mol. The molecule has 15 heavy (non-hydrogen) atoms. The highest BCUT2D eigenvalue weighted by Gasteiger charge is 2.17. The molecular formula is C10H18N4O. The molecular weight excluding hydrogens is 192 g/mol. The molecule has 1 heterocycles. The van der Waals surface area contributed by atoms with Crippen LogP contribution in [0.4, 0.5) is 5.82 Å². The maximum absolute atomic E-state index is 11.3. The highest BCUT2D eigenvalue weighted by molar-refractivity contribution is 5.93. The number of carbonyl (C=O) groups is 1. The Morgan fingerprint density at radius 1 is 1.60 bits per heavy atom. The number of aromatic nitrogens is 2. The largest absolute Gasteiger partial charge is 0.320 e. The Morgan fingerprint density at radius 2 is 2.20 bits per heavy atom. The molecule has 1 atom stereocenters. The molecule has 1 amide bonds. The van der Waals surface area contributed by atoms with Gasteiger partial charge in [0.15, 0.2) is 5.82 Å². The lowest BCUT2D eigenvalue weighted by Crippen LogP contribution is -2.32. The molecule has 0 radical (unpaired) electrons. The summed E-state index contributed by atoms with van der Waals surface area (Å²) < 4.78 is 0. The summed E-state index contributed by atoms with van der Waals surface area (Å²) in [4.78, 5) is 11.3. The summed E-state index contributed by atoms with van der Waals surface area (Å²) in [6.45, 7) is 7.83. The van der Waals surface area contributed by atoms with Gasteiger partial charge in [-0.25, -0.2) is 0 Å². The van der Waals surface area contributed by atoms with Crippen LogP contribution < -0.4 is 11.1 Å². The third-order valence-corrected chi connectivity index (χ3v) is 2.05. The Morgan fingerprint density at radius 3 is 2.60 bits per heavy atom. The van der Waals surface area contributed by atoms with Gasteiger partial charge in [0.2, 0.25) is 5.91 Å². The normalized spacial score (nSPS) is 13.7. The summed E-state index contributed by atoms with van der Waals surface area (Å²) in [5.41, 5.74) is 6.39. The SMILES string of the molecule is CC(N)C(=O)Nc1cc(C(C)(C)C)[nH]n1. The van der Waals surface area contributed by atoms with Crippen molar-refractivity contribution < 1.29 is 4.79 Å². The van der Waals surface area contributed by atoms with Gasteiger partial charge in [-0.15, -0.1) is 0 Å². The van der Waals surface area contributed by atoms with Crippen molar-refractivity contribution in [3.05, 3.63) is 11.8 Å². The smallest absolute Gasteiger partial charge is 0.242 e. The van der Waals surface area contributed by atoms with Gasteiger partial charge in [0.05, 0.1) is 6.04 Å². The molecule has 0 bridgehead atoms. The van der Waals surface area contributed by atoms with Crippen LogP contribution in [0.25, 0.3) is 0 Å². The van der Waals surface area contributed by atoms with E-state index in [9.17, 15) is 4.79 Å². The van der Waals surface area contributed by atoms with Crippen molar-refractivity contribution in [3.63, 3.8) is 0 Å². The number of hydrogen-bond donors (Lipinski definition) is 3. The van der Waals surface area contributed by atoms with Crippen LogP contribution in [0.2, 0.25) is 0 Å². The van der Waals surface area contributed by atoms with Gasteiger partial charge in [0.1, 0.15) is 0 Å². The van der Waals surface area contributed by atoms with E-state index < -0.39 is 6.04 Å². The van der Waals surface area contributed by atoms with Crippen LogP contribution in [-0.4, -0.2) is 22.1 Å². The Kier molecular flexibility index (Phi) is 3.14. The summed E-state index contributed by atoms with van der Waals surface area (Å²) in [7, 11) is 0. The number of amides is 1. The Balaban J connectivity index is 2.73. The standard InChI is InChI=1S/C10H18N4O/c1-6(11)9(15)12-8-5-7(13-14-8)10(2,3)4/h5-6H,11H2,1-4H3,(H2,12,13,14,15). The fourth-order valence-corrected chi connectivity index (χ4v) is 1.01. The van der Waals surface area contributed by atoms with E-state index in [1.165, 1.54) is 0 Å². The summed E-state index contributed by atoms with van der Waals surface area (Å²) in [5.74, 6) is 0.282. The van der Waals surface area contributed by atoms with Gasteiger partial charge >= 0.3 is 0 Å². The highest BCUT2D eigenvalue weighted by atomic mass is 16.2. The number of nitrogens with one attached hydrogen (secondary N) is 2. The van der Waals surface area contributed by atoms with Crippen LogP contribution in [0.5, 0.6) is 0 Å². The molecule has 0 aromatic carbocycles. The van der Waals surface area contributed by atoms with E-state index in [1.54, 1.807) is 6.92 Å². The quantitative estimate of drug-likeness (QED) is 0.680. The lowest BCUT2D eigenvalue weighted by Gasteiger charge is -2.14. The third kappa shape index (κ3) is 3.06. The van der Waals surface area contributed by atoms with E-state index in [2.05, 4.69) is 36.3 Å². The van der Waals surface area contributed by atoms with Crippen LogP contribution in [0.1, 0.15) is 33.4 Å². The zero-order chi connectivity index (χ0) is 11.6. The van der Waals surface area contributed by atoms with Crippen molar-refractivity contribution >= 4 is 11.7 Å². The van der Waals surface area contributed by atoms with Gasteiger partial charge < -0.3 is 11.1 Å². The molecule has 5 heteroatoms. The number of aromatic amines is 1. The number of H-pyrrole nitrogens is 1. The average Bonchev–Trinajstić information content (AvgIpc) is 2.51. The van der Waals surface area contributed by atoms with Crippen molar-refractivity contribution in [3.8, 4) is 0 Å². The van der Waals surface area contributed by atoms with Gasteiger partial charge in [0.25, 0.3) is 0 Å². The molecule has 84 valence electrons. The van der Waals surface area contributed by atoms with Gasteiger partial charge in [-0.2, -0.15) is 5.10 Å². The Bertz CT molecular complexity index is 349. The van der Waals surface area contributed by atoms with Crippen molar-refractivity contribution in [1.29, 1.82) is 0 Å². The second-order valence-electron chi connectivity index (χ2n) is 4.69. The third-order valence-electron chi connectivity index (χ3n) is 2.05. The molecule has 4 N–H and O–H groups in total. The molecule has 1 rings (SSSR count). The zero-order valence-electron chi connectivity index (χ0n) is 9.59. The fraction of sp³-hybridized carbons (Fsp3) is 0.600. The first-order chi connectivity index (χ1) is 6.80. The predicted octanol–water partition coefficient (Wildman–Crippen LogP) is 0.993. The molecule has 5 nitrogen and oxygen atoms in total. The first kappa shape index (κ1) is 11.7. The van der Waals surface area contributed by atoms with Crippen LogP contribution >= 0.6 is 0 Å². The second-order valence-corrected chi connectivity index (χ2v) is 4.69. The van der Waals surface area contributed by atoms with E-state index >= 15 is 0 Å². The van der Waals surface area contributed by atoms with Gasteiger partial charge in [0, 0.05) is 17.2 Å². The predicted molar refractivity (Wildman–Crippen MR) is 59.6 cm³/mol. The number of nitrogens with two attached hydrogens (primary N) is 1. The summed E-state index contributed by atoms with van der Waals surface area (Å²) >= 11 is 0. The first-order valence-electron chi connectivity index (χ1n) is 4.93. The van der Waals surface area contributed by atoms with Gasteiger partial charge in [-0.3, -0.25) is 9.89 Å². The summed E-state index contributed by atoms with van der Waals surface area (Å²) in [5, 5.41) is 9.50. The molecule has 1 aromatic heterocycles. The summed E-state index contributed by atoms with van der Waals surface area (Å²) in [6, 6.07) is 1.29. The van der Waals surface area contributed by atoms with Crippen LogP contribution in [0.3, 0.4) is 0 Å². The van der Waals surface area contributed by atoms with E-state index in [1.807, 2.05) is 6.07 Å². The van der Waals surface area contributed by atoms with E-state index in [-0.39, 0.29) is 11.3 Å². The maximum Gasteiger partial charge on any atom is 0.242 e. The van der Waals surface area contributed by atoms with Crippen molar-refractivity contribution in [2.45, 2.75) is 39.2 Å². The topological polar surface area (TPSA) is 83.8 Å². The van der Waals surface area contributed by atoms with Crippen LogP contribution in [0.15, 0.2) is 6.07 Å². The molecule has 0 aliphatic carbocycles. The van der Waals surface area contributed by atoms with Crippen molar-refractivity contribution in [2.24, 2.45) is 5.73 Å². The minimum absolute atomic E-state index is 0.00961. The minimum Gasteiger partial charge on any atom is -0.320 e. The van der Waals surface area contributed by atoms with E-state index in [0.717, 1.165) is 5.69 Å². The molecule has 0 fully saturated rings. The van der Waals surface area contributed by atoms with E-state index in [0.29, 0.717) is 5.82 Å². The highest BCUT2D eigenvalue weighted by Crippen LogP contribution is 2.21. The molecule has 0 aliphatic heterocycles. The number of carbonyl (C=O) groups excluding carboxylic acids is 1. The summed E-state index contributed by atoms with van der Waals surface area (Å²) in [6.07, 6.45) is 0. The molecule has 0 saturated carbocycles. The molecule has 0 saturated heterocycles. The minimum atomic E-state index is -0.528. The first-order valence-corrected chi connectivity index (χ1v) is 4.93. The number of hydrogen-bond acceptors (Lipinski definition) is 3. The fourth-order valence-electron chi connectivity index (χ4n) is 1.01. The lowest BCUT2D eigenvalue weighted by atomic mass is 9.92. The molecule has 1 unspecified atom stereocenters. The average molecular weight is 210 g/mol. The van der Waals surface area contributed by atoms with E-state index in [4.69, 9.17) is 5.73 Å². The van der Waals surface area contributed by atoms with Crippen LogP contribution in [-0.2, 0) is 10.2 Å². The second kappa shape index (κ2) is 4.02. The van der Waals surface area contributed by atoms with Crippen molar-refractivity contribution in [2.75, 3.05) is 5.32 Å². The lowest BCUT2D eigenvalue weighted by molar-refractivity contribution is -0.117. The van der Waals surface area contributed by atoms with Crippen LogP contribution in [0, 0.1) is 0 Å². The number of rotatable bonds is 2. The number of nitrogens with zero attached hydrogens (tertiary/aromatic N) is 1. The molecule has 0 aliphatic rings.